The SMILES string of the molecule is CCn1nc(C)cc1C(=O)Nc1nc2cc(C(N)=O)ccc2n1CCCOCCC(=O)O. The predicted octanol–water partition coefficient (Wildman–Crippen LogP) is 1.79. The van der Waals surface area contributed by atoms with Gasteiger partial charge in [0.15, 0.2) is 0 Å². The molecule has 0 saturated heterocycles. The Balaban J connectivity index is 1.84. The van der Waals surface area contributed by atoms with Crippen molar-refractivity contribution in [3.63, 3.8) is 0 Å². The van der Waals surface area contributed by atoms with Crippen LogP contribution in [0, 0.1) is 6.92 Å². The molecule has 2 amide bonds. The summed E-state index contributed by atoms with van der Waals surface area (Å²) in [6, 6.07) is 6.61. The summed E-state index contributed by atoms with van der Waals surface area (Å²) in [6.07, 6.45) is 0.507. The highest BCUT2D eigenvalue weighted by atomic mass is 16.5. The van der Waals surface area contributed by atoms with E-state index in [9.17, 15) is 14.4 Å². The predicted molar refractivity (Wildman–Crippen MR) is 117 cm³/mol. The Morgan fingerprint density at radius 1 is 1.22 bits per heavy atom. The van der Waals surface area contributed by atoms with Gasteiger partial charge in [0.1, 0.15) is 5.69 Å². The van der Waals surface area contributed by atoms with Crippen LogP contribution in [0.1, 0.15) is 46.3 Å². The fourth-order valence-electron chi connectivity index (χ4n) is 3.33. The van der Waals surface area contributed by atoms with Gasteiger partial charge in [0.05, 0.1) is 29.8 Å². The van der Waals surface area contributed by atoms with Crippen LogP contribution in [-0.2, 0) is 22.6 Å². The summed E-state index contributed by atoms with van der Waals surface area (Å²) in [4.78, 5) is 39.5. The summed E-state index contributed by atoms with van der Waals surface area (Å²) in [5, 5.41) is 15.8. The first kappa shape index (κ1) is 22.9. The van der Waals surface area contributed by atoms with Gasteiger partial charge >= 0.3 is 5.97 Å². The molecule has 3 rings (SSSR count). The number of rotatable bonds is 11. The lowest BCUT2D eigenvalue weighted by Gasteiger charge is -2.11. The Morgan fingerprint density at radius 2 is 2.00 bits per heavy atom. The molecule has 0 aliphatic rings. The van der Waals surface area contributed by atoms with Crippen LogP contribution in [0.15, 0.2) is 24.3 Å². The van der Waals surface area contributed by atoms with Crippen molar-refractivity contribution in [3.05, 3.63) is 41.2 Å². The smallest absolute Gasteiger partial charge is 0.305 e. The number of benzene rings is 1. The number of carboxylic acids is 1. The standard InChI is InChI=1S/C21H26N6O5/c1-3-27-17(11-13(2)25-27)20(31)24-21-23-15-12-14(19(22)30)5-6-16(15)26(21)8-4-9-32-10-7-18(28)29/h5-6,11-12H,3-4,7-10H2,1-2H3,(H2,22,30)(H,28,29)(H,23,24,31). The fourth-order valence-corrected chi connectivity index (χ4v) is 3.33. The summed E-state index contributed by atoms with van der Waals surface area (Å²) >= 11 is 0. The van der Waals surface area contributed by atoms with Gasteiger partial charge in [0.25, 0.3) is 5.91 Å². The minimum atomic E-state index is -0.914. The molecule has 11 heteroatoms. The molecule has 0 aliphatic heterocycles. The van der Waals surface area contributed by atoms with Crippen molar-refractivity contribution in [3.8, 4) is 0 Å². The first-order valence-corrected chi connectivity index (χ1v) is 10.3. The summed E-state index contributed by atoms with van der Waals surface area (Å²) in [7, 11) is 0. The molecule has 0 saturated carbocycles. The van der Waals surface area contributed by atoms with Gasteiger partial charge in [-0.2, -0.15) is 5.10 Å². The summed E-state index contributed by atoms with van der Waals surface area (Å²) in [5.74, 6) is -1.51. The van der Waals surface area contributed by atoms with E-state index >= 15 is 0 Å². The Bertz CT molecular complexity index is 1150. The van der Waals surface area contributed by atoms with Crippen LogP contribution < -0.4 is 11.1 Å². The van der Waals surface area contributed by atoms with Gasteiger partial charge in [0.2, 0.25) is 11.9 Å². The minimum absolute atomic E-state index is 0.0598. The lowest BCUT2D eigenvalue weighted by atomic mass is 10.2. The van der Waals surface area contributed by atoms with Crippen molar-refractivity contribution in [1.82, 2.24) is 19.3 Å². The number of nitrogens with two attached hydrogens (primary N) is 1. The maximum atomic E-state index is 12.9. The highest BCUT2D eigenvalue weighted by molar-refractivity contribution is 6.03. The summed E-state index contributed by atoms with van der Waals surface area (Å²) in [5.41, 5.74) is 8.08. The van der Waals surface area contributed by atoms with Crippen molar-refractivity contribution in [2.45, 2.75) is 39.8 Å². The second-order valence-electron chi connectivity index (χ2n) is 7.21. The molecule has 170 valence electrons. The topological polar surface area (TPSA) is 154 Å². The lowest BCUT2D eigenvalue weighted by molar-refractivity contribution is -0.138. The van der Waals surface area contributed by atoms with Crippen molar-refractivity contribution >= 4 is 34.8 Å². The van der Waals surface area contributed by atoms with E-state index < -0.39 is 11.9 Å². The number of primary amides is 1. The molecule has 4 N–H and O–H groups in total. The van der Waals surface area contributed by atoms with Gasteiger partial charge in [-0.1, -0.05) is 0 Å². The Kier molecular flexibility index (Phi) is 7.21. The van der Waals surface area contributed by atoms with E-state index in [0.717, 1.165) is 11.2 Å². The molecule has 32 heavy (non-hydrogen) atoms. The average Bonchev–Trinajstić information content (AvgIpc) is 3.29. The molecular weight excluding hydrogens is 416 g/mol. The van der Waals surface area contributed by atoms with Crippen molar-refractivity contribution < 1.29 is 24.2 Å². The van der Waals surface area contributed by atoms with E-state index in [2.05, 4.69) is 15.4 Å². The number of aliphatic carboxylic acids is 1. The number of amides is 2. The molecule has 1 aromatic carbocycles. The number of hydrogen-bond acceptors (Lipinski definition) is 6. The highest BCUT2D eigenvalue weighted by Crippen LogP contribution is 2.22. The van der Waals surface area contributed by atoms with Gasteiger partial charge < -0.3 is 20.1 Å². The number of carbonyl (C=O) groups excluding carboxylic acids is 2. The third kappa shape index (κ3) is 5.30. The fraction of sp³-hybridized carbons (Fsp3) is 0.381. The first-order chi connectivity index (χ1) is 15.3. The van der Waals surface area contributed by atoms with E-state index in [1.807, 2.05) is 18.4 Å². The number of nitrogens with zero attached hydrogens (tertiary/aromatic N) is 4. The zero-order valence-corrected chi connectivity index (χ0v) is 18.0. The molecule has 2 aromatic heterocycles. The zero-order chi connectivity index (χ0) is 23.3. The van der Waals surface area contributed by atoms with Crippen LogP contribution in [0.5, 0.6) is 0 Å². The van der Waals surface area contributed by atoms with E-state index in [-0.39, 0.29) is 18.9 Å². The lowest BCUT2D eigenvalue weighted by Crippen LogP contribution is -2.20. The van der Waals surface area contributed by atoms with Gasteiger partial charge in [-0.15, -0.1) is 0 Å². The van der Waals surface area contributed by atoms with Crippen LogP contribution in [0.4, 0.5) is 5.95 Å². The number of fused-ring (bicyclic) bond motifs is 1. The maximum Gasteiger partial charge on any atom is 0.305 e. The Labute approximate surface area is 184 Å². The molecular formula is C21H26N6O5. The van der Waals surface area contributed by atoms with Crippen LogP contribution in [0.2, 0.25) is 0 Å². The van der Waals surface area contributed by atoms with Crippen LogP contribution >= 0.6 is 0 Å². The number of hydrogen-bond donors (Lipinski definition) is 3. The van der Waals surface area contributed by atoms with E-state index in [1.165, 1.54) is 0 Å². The number of aryl methyl sites for hydroxylation is 3. The highest BCUT2D eigenvalue weighted by Gasteiger charge is 2.18. The van der Waals surface area contributed by atoms with Crippen LogP contribution in [-0.4, -0.2) is 55.4 Å². The largest absolute Gasteiger partial charge is 0.481 e. The maximum absolute atomic E-state index is 12.9. The quantitative estimate of drug-likeness (QED) is 0.382. The molecule has 3 aromatic rings. The molecule has 0 radical (unpaired) electrons. The number of ether oxygens (including phenoxy) is 1. The minimum Gasteiger partial charge on any atom is -0.481 e. The number of carboxylic acid groups (broad SMARTS) is 1. The molecule has 0 aliphatic carbocycles. The molecule has 0 fully saturated rings. The van der Waals surface area contributed by atoms with Gasteiger partial charge in [-0.3, -0.25) is 24.4 Å². The second kappa shape index (κ2) is 10.1. The summed E-state index contributed by atoms with van der Waals surface area (Å²) in [6.45, 7) is 5.19. The van der Waals surface area contributed by atoms with Gasteiger partial charge in [-0.05, 0) is 44.5 Å². The monoisotopic (exact) mass is 442 g/mol. The third-order valence-corrected chi connectivity index (χ3v) is 4.82. The second-order valence-corrected chi connectivity index (χ2v) is 7.21. The molecule has 0 atom stereocenters. The van der Waals surface area contributed by atoms with Crippen LogP contribution in [0.25, 0.3) is 11.0 Å². The Hall–Kier alpha value is -3.73. The Morgan fingerprint density at radius 3 is 2.69 bits per heavy atom. The number of imidazole rings is 1. The molecule has 11 nitrogen and oxygen atoms in total. The first-order valence-electron chi connectivity index (χ1n) is 10.3. The number of nitrogens with one attached hydrogen (secondary N) is 1. The molecule has 0 unspecified atom stereocenters. The molecule has 2 heterocycles. The van der Waals surface area contributed by atoms with Crippen molar-refractivity contribution in [1.29, 1.82) is 0 Å². The molecule has 0 spiro atoms. The number of carbonyl (C=O) groups is 3. The van der Waals surface area contributed by atoms with E-state index in [4.69, 9.17) is 15.6 Å². The van der Waals surface area contributed by atoms with Crippen molar-refractivity contribution in [2.75, 3.05) is 18.5 Å². The number of aromatic nitrogens is 4. The van der Waals surface area contributed by atoms with Gasteiger partial charge in [-0.25, -0.2) is 4.98 Å². The van der Waals surface area contributed by atoms with Gasteiger partial charge in [0, 0.05) is 25.3 Å². The van der Waals surface area contributed by atoms with Crippen molar-refractivity contribution in [2.24, 2.45) is 5.73 Å². The summed E-state index contributed by atoms with van der Waals surface area (Å²) < 4.78 is 8.78. The zero-order valence-electron chi connectivity index (χ0n) is 18.0. The number of anilines is 1. The van der Waals surface area contributed by atoms with E-state index in [1.54, 1.807) is 28.9 Å². The van der Waals surface area contributed by atoms with Crippen LogP contribution in [0.3, 0.4) is 0 Å². The third-order valence-electron chi connectivity index (χ3n) is 4.82. The molecule has 0 bridgehead atoms. The average molecular weight is 442 g/mol. The normalized spacial score (nSPS) is 11.1. The van der Waals surface area contributed by atoms with E-state index in [0.29, 0.717) is 48.8 Å².